The van der Waals surface area contributed by atoms with Crippen molar-refractivity contribution in [2.75, 3.05) is 26.0 Å². The van der Waals surface area contributed by atoms with Gasteiger partial charge < -0.3 is 9.80 Å². The van der Waals surface area contributed by atoms with Crippen LogP contribution in [0.15, 0.2) is 53.4 Å². The van der Waals surface area contributed by atoms with E-state index in [4.69, 9.17) is 0 Å². The molecule has 0 heterocycles. The lowest BCUT2D eigenvalue weighted by molar-refractivity contribution is 0.0785. The summed E-state index contributed by atoms with van der Waals surface area (Å²) in [6.45, 7) is 0.448. The molecule has 1 aliphatic rings. The molecule has 1 fully saturated rings. The molecule has 144 valence electrons. The molecule has 0 saturated heterocycles. The van der Waals surface area contributed by atoms with Crippen molar-refractivity contribution in [2.45, 2.75) is 30.3 Å². The Balaban J connectivity index is 1.72. The Bertz CT molecular complexity index is 920. The van der Waals surface area contributed by atoms with E-state index >= 15 is 0 Å². The van der Waals surface area contributed by atoms with Crippen LogP contribution in [0.4, 0.5) is 5.69 Å². The molecule has 0 atom stereocenters. The zero-order valence-electron chi connectivity index (χ0n) is 15.8. The van der Waals surface area contributed by atoms with Crippen molar-refractivity contribution < 1.29 is 13.2 Å². The number of carbonyl (C=O) groups is 1. The third-order valence-electron chi connectivity index (χ3n) is 4.51. The van der Waals surface area contributed by atoms with Crippen molar-refractivity contribution in [3.8, 4) is 0 Å². The maximum Gasteiger partial charge on any atom is 0.253 e. The molecule has 1 N–H and O–H groups in total. The lowest BCUT2D eigenvalue weighted by atomic mass is 10.1. The van der Waals surface area contributed by atoms with Crippen LogP contribution in [-0.2, 0) is 16.6 Å². The van der Waals surface area contributed by atoms with Crippen LogP contribution in [0, 0.1) is 0 Å². The highest BCUT2D eigenvalue weighted by Gasteiger charge is 2.28. The molecule has 0 bridgehead atoms. The van der Waals surface area contributed by atoms with Gasteiger partial charge in [-0.05, 0) is 48.7 Å². The van der Waals surface area contributed by atoms with Gasteiger partial charge in [-0.15, -0.1) is 0 Å². The lowest BCUT2D eigenvalue weighted by Gasteiger charge is -2.19. The Hall–Kier alpha value is -2.38. The molecule has 1 aliphatic carbocycles. The van der Waals surface area contributed by atoms with Gasteiger partial charge in [0, 0.05) is 45.0 Å². The van der Waals surface area contributed by atoms with E-state index < -0.39 is 10.0 Å². The van der Waals surface area contributed by atoms with Gasteiger partial charge in [-0.25, -0.2) is 13.1 Å². The van der Waals surface area contributed by atoms with Crippen molar-refractivity contribution in [1.29, 1.82) is 0 Å². The zero-order valence-corrected chi connectivity index (χ0v) is 16.7. The summed E-state index contributed by atoms with van der Waals surface area (Å²) < 4.78 is 27.4. The van der Waals surface area contributed by atoms with Crippen LogP contribution < -0.4 is 9.62 Å². The maximum absolute atomic E-state index is 12.7. The van der Waals surface area contributed by atoms with Crippen LogP contribution in [0.1, 0.15) is 28.8 Å². The van der Waals surface area contributed by atoms with Gasteiger partial charge in [0.05, 0.1) is 4.90 Å². The van der Waals surface area contributed by atoms with E-state index in [0.29, 0.717) is 12.1 Å². The fourth-order valence-corrected chi connectivity index (χ4v) is 4.10. The van der Waals surface area contributed by atoms with E-state index in [-0.39, 0.29) is 16.8 Å². The number of sulfonamides is 1. The number of amides is 1. The Morgan fingerprint density at radius 2 is 1.74 bits per heavy atom. The van der Waals surface area contributed by atoms with Crippen molar-refractivity contribution in [1.82, 2.24) is 9.62 Å². The van der Waals surface area contributed by atoms with Crippen LogP contribution in [0.5, 0.6) is 0 Å². The first-order valence-corrected chi connectivity index (χ1v) is 10.4. The lowest BCUT2D eigenvalue weighted by Crippen LogP contribution is -2.28. The molecule has 7 heteroatoms. The Morgan fingerprint density at radius 3 is 2.33 bits per heavy atom. The van der Waals surface area contributed by atoms with Crippen molar-refractivity contribution in [2.24, 2.45) is 0 Å². The Morgan fingerprint density at radius 1 is 1.07 bits per heavy atom. The minimum Gasteiger partial charge on any atom is -0.378 e. The minimum absolute atomic E-state index is 0.0298. The zero-order chi connectivity index (χ0) is 19.6. The van der Waals surface area contributed by atoms with Gasteiger partial charge in [-0.2, -0.15) is 0 Å². The molecule has 1 saturated carbocycles. The highest BCUT2D eigenvalue weighted by atomic mass is 32.2. The minimum atomic E-state index is -3.58. The highest BCUT2D eigenvalue weighted by Crippen LogP contribution is 2.23. The summed E-state index contributed by atoms with van der Waals surface area (Å²) in [7, 11) is 2.09. The van der Waals surface area contributed by atoms with Gasteiger partial charge in [0.15, 0.2) is 0 Å². The molecule has 0 spiro atoms. The SMILES string of the molecule is CN(Cc1ccc(N(C)C)cc1)C(=O)c1cccc(S(=O)(=O)NC2CC2)c1. The summed E-state index contributed by atoms with van der Waals surface area (Å²) in [5.74, 6) is -0.213. The first kappa shape index (κ1) is 19.4. The predicted octanol–water partition coefficient (Wildman–Crippen LogP) is 2.47. The second-order valence-corrected chi connectivity index (χ2v) is 8.86. The van der Waals surface area contributed by atoms with E-state index in [9.17, 15) is 13.2 Å². The standard InChI is InChI=1S/C20H25N3O3S/c1-22(2)18-11-7-15(8-12-18)14-23(3)20(24)16-5-4-6-19(13-16)27(25,26)21-17-9-10-17/h4-8,11-13,17,21H,9-10,14H2,1-3H3. The van der Waals surface area contributed by atoms with Crippen LogP contribution in [0.3, 0.4) is 0 Å². The quantitative estimate of drug-likeness (QED) is 0.792. The van der Waals surface area contributed by atoms with Crippen LogP contribution in [0.2, 0.25) is 0 Å². The summed E-state index contributed by atoms with van der Waals surface area (Å²) in [5.41, 5.74) is 2.46. The molecule has 0 radical (unpaired) electrons. The van der Waals surface area contributed by atoms with E-state index in [1.165, 1.54) is 12.1 Å². The smallest absolute Gasteiger partial charge is 0.253 e. The summed E-state index contributed by atoms with van der Waals surface area (Å²) in [4.78, 5) is 16.5. The first-order valence-electron chi connectivity index (χ1n) is 8.90. The molecule has 0 unspecified atom stereocenters. The fourth-order valence-electron chi connectivity index (χ4n) is 2.75. The Labute approximate surface area is 160 Å². The fraction of sp³-hybridized carbons (Fsp3) is 0.350. The number of hydrogen-bond acceptors (Lipinski definition) is 4. The summed E-state index contributed by atoms with van der Waals surface area (Å²) in [5, 5.41) is 0. The van der Waals surface area contributed by atoms with Gasteiger partial charge >= 0.3 is 0 Å². The molecule has 6 nitrogen and oxygen atoms in total. The van der Waals surface area contributed by atoms with Gasteiger partial charge in [0.25, 0.3) is 5.91 Å². The maximum atomic E-state index is 12.7. The topological polar surface area (TPSA) is 69.7 Å². The van der Waals surface area contributed by atoms with Gasteiger partial charge in [-0.3, -0.25) is 4.79 Å². The summed E-state index contributed by atoms with van der Waals surface area (Å²) >= 11 is 0. The average molecular weight is 388 g/mol. The summed E-state index contributed by atoms with van der Waals surface area (Å²) in [6.07, 6.45) is 1.74. The predicted molar refractivity (Wildman–Crippen MR) is 106 cm³/mol. The van der Waals surface area contributed by atoms with E-state index in [1.54, 1.807) is 24.1 Å². The monoisotopic (exact) mass is 387 g/mol. The second-order valence-electron chi connectivity index (χ2n) is 7.15. The average Bonchev–Trinajstić information content (AvgIpc) is 3.45. The number of anilines is 1. The molecular formula is C20H25N3O3S. The Kier molecular flexibility index (Phi) is 5.53. The number of rotatable bonds is 7. The third-order valence-corrected chi connectivity index (χ3v) is 6.03. The van der Waals surface area contributed by atoms with E-state index in [1.807, 2.05) is 43.3 Å². The van der Waals surface area contributed by atoms with Crippen LogP contribution >= 0.6 is 0 Å². The number of nitrogens with one attached hydrogen (secondary N) is 1. The summed E-state index contributed by atoms with van der Waals surface area (Å²) in [6, 6.07) is 14.2. The van der Waals surface area contributed by atoms with Gasteiger partial charge in [-0.1, -0.05) is 18.2 Å². The molecule has 2 aromatic carbocycles. The molecule has 1 amide bonds. The molecule has 3 rings (SSSR count). The highest BCUT2D eigenvalue weighted by molar-refractivity contribution is 7.89. The van der Waals surface area contributed by atoms with Gasteiger partial charge in [0.2, 0.25) is 10.0 Å². The second kappa shape index (κ2) is 7.70. The third kappa shape index (κ3) is 4.87. The molecular weight excluding hydrogens is 362 g/mol. The molecule has 0 aliphatic heterocycles. The van der Waals surface area contributed by atoms with Crippen molar-refractivity contribution >= 4 is 21.6 Å². The van der Waals surface area contributed by atoms with Gasteiger partial charge in [0.1, 0.15) is 0 Å². The number of hydrogen-bond donors (Lipinski definition) is 1. The van der Waals surface area contributed by atoms with E-state index in [2.05, 4.69) is 4.72 Å². The van der Waals surface area contributed by atoms with Crippen LogP contribution in [0.25, 0.3) is 0 Å². The van der Waals surface area contributed by atoms with Crippen molar-refractivity contribution in [3.05, 3.63) is 59.7 Å². The molecule has 27 heavy (non-hydrogen) atoms. The number of carbonyl (C=O) groups excluding carboxylic acids is 1. The first-order chi connectivity index (χ1) is 12.8. The van der Waals surface area contributed by atoms with E-state index in [0.717, 1.165) is 24.1 Å². The van der Waals surface area contributed by atoms with Crippen LogP contribution in [-0.4, -0.2) is 46.4 Å². The molecule has 0 aromatic heterocycles. The van der Waals surface area contributed by atoms with Crippen molar-refractivity contribution in [3.63, 3.8) is 0 Å². The largest absolute Gasteiger partial charge is 0.378 e. The normalized spacial score (nSPS) is 14.0. The molecule has 2 aromatic rings. The number of benzene rings is 2. The number of nitrogens with zero attached hydrogens (tertiary/aromatic N) is 2.